The van der Waals surface area contributed by atoms with Crippen molar-refractivity contribution in [1.82, 2.24) is 5.32 Å². The number of hydrogen-bond acceptors (Lipinski definition) is 3. The number of benzene rings is 1. The quantitative estimate of drug-likeness (QED) is 0.884. The predicted octanol–water partition coefficient (Wildman–Crippen LogP) is 3.35. The van der Waals surface area contributed by atoms with Crippen molar-refractivity contribution in [3.8, 4) is 0 Å². The molecule has 22 heavy (non-hydrogen) atoms. The zero-order valence-corrected chi connectivity index (χ0v) is 13.0. The maximum Gasteiger partial charge on any atom is 0.228 e. The fraction of sp³-hybridized carbons (Fsp3) is 0.333. The number of hydrogen-bond donors (Lipinski definition) is 1. The van der Waals surface area contributed by atoms with Crippen LogP contribution in [0.1, 0.15) is 48.3 Å². The topological polar surface area (TPSA) is 46.2 Å². The minimum Gasteiger partial charge on any atom is -0.342 e. The summed E-state index contributed by atoms with van der Waals surface area (Å²) in [5, 5.41) is 7.10. The molecule has 1 aromatic carbocycles. The van der Waals surface area contributed by atoms with E-state index in [2.05, 4.69) is 29.6 Å². The van der Waals surface area contributed by atoms with Crippen molar-refractivity contribution in [2.75, 3.05) is 0 Å². The van der Waals surface area contributed by atoms with Gasteiger partial charge in [0.05, 0.1) is 12.0 Å². The van der Waals surface area contributed by atoms with Crippen LogP contribution in [0.15, 0.2) is 41.1 Å². The largest absolute Gasteiger partial charge is 0.342 e. The van der Waals surface area contributed by atoms with Crippen LogP contribution >= 0.6 is 11.3 Å². The third-order valence-electron chi connectivity index (χ3n) is 4.64. The maximum atomic E-state index is 12.1. The fourth-order valence-electron chi connectivity index (χ4n) is 3.34. The van der Waals surface area contributed by atoms with E-state index in [4.69, 9.17) is 0 Å². The summed E-state index contributed by atoms with van der Waals surface area (Å²) in [6.07, 6.45) is 2.86. The van der Waals surface area contributed by atoms with Gasteiger partial charge in [0.15, 0.2) is 0 Å². The number of carbonyl (C=O) groups excluding carboxylic acids is 2. The monoisotopic (exact) mass is 311 g/mol. The lowest BCUT2D eigenvalue weighted by Crippen LogP contribution is -2.52. The van der Waals surface area contributed by atoms with E-state index in [0.717, 1.165) is 11.1 Å². The minimum absolute atomic E-state index is 0.00113. The number of amides is 1. The Morgan fingerprint density at radius 3 is 2.41 bits per heavy atom. The first-order valence-electron chi connectivity index (χ1n) is 7.63. The Morgan fingerprint density at radius 1 is 1.05 bits per heavy atom. The van der Waals surface area contributed by atoms with E-state index in [1.165, 1.54) is 18.4 Å². The molecule has 0 bridgehead atoms. The molecule has 1 saturated carbocycles. The predicted molar refractivity (Wildman–Crippen MR) is 85.9 cm³/mol. The van der Waals surface area contributed by atoms with Gasteiger partial charge in [-0.1, -0.05) is 24.3 Å². The molecule has 1 aliphatic carbocycles. The summed E-state index contributed by atoms with van der Waals surface area (Å²) in [5.41, 5.74) is 2.65. The molecule has 0 radical (unpaired) electrons. The molecule has 1 unspecified atom stereocenters. The van der Waals surface area contributed by atoms with Crippen LogP contribution in [0.25, 0.3) is 0 Å². The molecule has 1 amide bonds. The van der Waals surface area contributed by atoms with Gasteiger partial charge in [0.2, 0.25) is 5.91 Å². The Balaban J connectivity index is 1.79. The summed E-state index contributed by atoms with van der Waals surface area (Å²) < 4.78 is 0. The van der Waals surface area contributed by atoms with Crippen LogP contribution in [-0.4, -0.2) is 11.7 Å². The number of Topliss-reactive ketones (excluding diaryl/α,β-unsaturated/α-hetero) is 1. The molecule has 3 nitrogen and oxygen atoms in total. The number of nitrogens with one attached hydrogen (secondary N) is 1. The number of piperidine rings is 1. The Hall–Kier alpha value is -1.94. The van der Waals surface area contributed by atoms with E-state index >= 15 is 0 Å². The third kappa shape index (κ3) is 2.28. The Morgan fingerprint density at radius 2 is 1.82 bits per heavy atom. The summed E-state index contributed by atoms with van der Waals surface area (Å²) in [6, 6.07) is 10.4. The third-order valence-corrected chi connectivity index (χ3v) is 5.32. The molecule has 4 heteroatoms. The molecule has 2 fully saturated rings. The lowest BCUT2D eigenvalue weighted by Gasteiger charge is -2.37. The first-order chi connectivity index (χ1) is 10.7. The van der Waals surface area contributed by atoms with E-state index in [-0.39, 0.29) is 18.1 Å². The highest BCUT2D eigenvalue weighted by molar-refractivity contribution is 7.08. The lowest BCUT2D eigenvalue weighted by atomic mass is 9.77. The van der Waals surface area contributed by atoms with Gasteiger partial charge >= 0.3 is 0 Å². The molecule has 1 N–H and O–H groups in total. The molecule has 1 aromatic heterocycles. The normalized spacial score (nSPS) is 25.1. The van der Waals surface area contributed by atoms with Gasteiger partial charge in [0.1, 0.15) is 5.78 Å². The van der Waals surface area contributed by atoms with Crippen molar-refractivity contribution in [3.63, 3.8) is 0 Å². The first-order valence-corrected chi connectivity index (χ1v) is 8.57. The summed E-state index contributed by atoms with van der Waals surface area (Å²) in [7, 11) is 0. The fourth-order valence-corrected chi connectivity index (χ4v) is 4.07. The van der Waals surface area contributed by atoms with Gasteiger partial charge < -0.3 is 5.32 Å². The van der Waals surface area contributed by atoms with Crippen LogP contribution in [0.2, 0.25) is 0 Å². The highest BCUT2D eigenvalue weighted by Crippen LogP contribution is 2.42. The second-order valence-corrected chi connectivity index (χ2v) is 7.03. The van der Waals surface area contributed by atoms with E-state index in [1.54, 1.807) is 11.3 Å². The van der Waals surface area contributed by atoms with Crippen molar-refractivity contribution in [1.29, 1.82) is 0 Å². The summed E-state index contributed by atoms with van der Waals surface area (Å²) in [6.45, 7) is 0. The zero-order chi connectivity index (χ0) is 15.2. The van der Waals surface area contributed by atoms with E-state index < -0.39 is 5.54 Å². The number of carbonyl (C=O) groups is 2. The van der Waals surface area contributed by atoms with Gasteiger partial charge in [-0.25, -0.2) is 0 Å². The van der Waals surface area contributed by atoms with E-state index in [0.29, 0.717) is 12.3 Å². The molecule has 1 saturated heterocycles. The molecule has 1 aliphatic heterocycles. The van der Waals surface area contributed by atoms with Crippen molar-refractivity contribution >= 4 is 23.0 Å². The highest BCUT2D eigenvalue weighted by Gasteiger charge is 2.42. The van der Waals surface area contributed by atoms with Gasteiger partial charge in [-0.15, -0.1) is 0 Å². The summed E-state index contributed by atoms with van der Waals surface area (Å²) >= 11 is 1.58. The molecule has 2 aliphatic rings. The molecule has 1 atom stereocenters. The Bertz CT molecular complexity index is 698. The van der Waals surface area contributed by atoms with Crippen LogP contribution in [-0.2, 0) is 15.1 Å². The number of ketones is 1. The molecule has 112 valence electrons. The first kappa shape index (κ1) is 13.7. The van der Waals surface area contributed by atoms with Gasteiger partial charge in [0.25, 0.3) is 0 Å². The lowest BCUT2D eigenvalue weighted by molar-refractivity contribution is -0.133. The van der Waals surface area contributed by atoms with Gasteiger partial charge in [0, 0.05) is 6.42 Å². The SMILES string of the molecule is O=C1CC(=O)NC(c2ccc(C3CC3)cc2)(c2ccsc2)C1. The smallest absolute Gasteiger partial charge is 0.228 e. The average molecular weight is 311 g/mol. The average Bonchev–Trinajstić information content (AvgIpc) is 3.20. The standard InChI is InChI=1S/C18H17NO2S/c20-16-9-17(21)19-18(10-16,15-7-8-22-11-15)14-5-3-13(4-6-14)12-1-2-12/h3-8,11-12H,1-2,9-10H2,(H,19,21). The van der Waals surface area contributed by atoms with Crippen LogP contribution in [0.3, 0.4) is 0 Å². The summed E-state index contributed by atoms with van der Waals surface area (Å²) in [5.74, 6) is 0.517. The molecular weight excluding hydrogens is 294 g/mol. The maximum absolute atomic E-state index is 12.1. The minimum atomic E-state index is -0.700. The van der Waals surface area contributed by atoms with Gasteiger partial charge in [-0.2, -0.15) is 11.3 Å². The van der Waals surface area contributed by atoms with Crippen molar-refractivity contribution < 1.29 is 9.59 Å². The number of thiophene rings is 1. The van der Waals surface area contributed by atoms with E-state index in [9.17, 15) is 9.59 Å². The van der Waals surface area contributed by atoms with Crippen LogP contribution in [0.4, 0.5) is 0 Å². The van der Waals surface area contributed by atoms with Crippen molar-refractivity contribution in [2.45, 2.75) is 37.1 Å². The number of rotatable bonds is 3. The van der Waals surface area contributed by atoms with Crippen molar-refractivity contribution in [3.05, 3.63) is 57.8 Å². The molecule has 2 heterocycles. The Kier molecular flexibility index (Phi) is 3.15. The molecule has 2 aromatic rings. The van der Waals surface area contributed by atoms with Crippen molar-refractivity contribution in [2.24, 2.45) is 0 Å². The molecule has 0 spiro atoms. The van der Waals surface area contributed by atoms with Crippen LogP contribution in [0, 0.1) is 0 Å². The van der Waals surface area contributed by atoms with E-state index in [1.807, 2.05) is 16.8 Å². The Labute approximate surface area is 133 Å². The second kappa shape index (κ2) is 5.06. The molecule has 4 rings (SSSR count). The van der Waals surface area contributed by atoms with Crippen LogP contribution in [0.5, 0.6) is 0 Å². The second-order valence-electron chi connectivity index (χ2n) is 6.25. The van der Waals surface area contributed by atoms with Gasteiger partial charge in [-0.3, -0.25) is 9.59 Å². The van der Waals surface area contributed by atoms with Crippen LogP contribution < -0.4 is 5.32 Å². The van der Waals surface area contributed by atoms with Gasteiger partial charge in [-0.05, 0) is 52.3 Å². The summed E-state index contributed by atoms with van der Waals surface area (Å²) in [4.78, 5) is 24.1. The zero-order valence-electron chi connectivity index (χ0n) is 12.2. The molecular formula is C18H17NO2S. The highest BCUT2D eigenvalue weighted by atomic mass is 32.1.